The fraction of sp³-hybridized carbons (Fsp3) is 0.583. The van der Waals surface area contributed by atoms with E-state index in [-0.39, 0.29) is 5.91 Å². The Morgan fingerprint density at radius 1 is 1.47 bits per heavy atom. The van der Waals surface area contributed by atoms with Crippen molar-refractivity contribution in [2.45, 2.75) is 26.2 Å². The summed E-state index contributed by atoms with van der Waals surface area (Å²) in [4.78, 5) is 11.7. The summed E-state index contributed by atoms with van der Waals surface area (Å²) in [5.74, 6) is 1.55. The third kappa shape index (κ3) is 3.15. The first-order chi connectivity index (χ1) is 8.15. The lowest BCUT2D eigenvalue weighted by Gasteiger charge is -2.10. The fourth-order valence-electron chi connectivity index (χ4n) is 2.30. The third-order valence-corrected chi connectivity index (χ3v) is 3.27. The summed E-state index contributed by atoms with van der Waals surface area (Å²) >= 11 is 0. The number of nitrogens with one attached hydrogen (secondary N) is 1. The van der Waals surface area contributed by atoms with Gasteiger partial charge in [-0.25, -0.2) is 0 Å². The van der Waals surface area contributed by atoms with Gasteiger partial charge in [-0.15, -0.1) is 10.2 Å². The lowest BCUT2D eigenvalue weighted by Crippen LogP contribution is -2.29. The van der Waals surface area contributed by atoms with Gasteiger partial charge in [-0.1, -0.05) is 13.3 Å². The molecule has 2 rings (SSSR count). The van der Waals surface area contributed by atoms with Gasteiger partial charge in [-0.2, -0.15) is 0 Å². The van der Waals surface area contributed by atoms with Crippen molar-refractivity contribution in [2.24, 2.45) is 11.8 Å². The predicted octanol–water partition coefficient (Wildman–Crippen LogP) is 1.22. The lowest BCUT2D eigenvalue weighted by atomic mass is 10.1. The second kappa shape index (κ2) is 5.12. The zero-order valence-corrected chi connectivity index (χ0v) is 10.0. The molecule has 17 heavy (non-hydrogen) atoms. The highest BCUT2D eigenvalue weighted by molar-refractivity contribution is 5.92. The highest BCUT2D eigenvalue weighted by Gasteiger charge is 2.21. The van der Waals surface area contributed by atoms with Gasteiger partial charge in [0.05, 0.1) is 0 Å². The van der Waals surface area contributed by atoms with Crippen LogP contribution in [0, 0.1) is 11.8 Å². The number of hydrogen-bond donors (Lipinski definition) is 2. The number of nitrogens with zero attached hydrogens (tertiary/aromatic N) is 2. The van der Waals surface area contributed by atoms with Crippen molar-refractivity contribution < 1.29 is 4.79 Å². The molecule has 1 aliphatic rings. The molecule has 0 radical (unpaired) electrons. The first kappa shape index (κ1) is 11.8. The van der Waals surface area contributed by atoms with E-state index in [0.717, 1.165) is 12.5 Å². The standard InChI is InChI=1S/C12H18N4O/c1-8-2-3-9(6-8)7-14-12(17)10-4-5-11(13)16-15-10/h4-5,8-9H,2-3,6-7H2,1H3,(H2,13,16)(H,14,17). The average molecular weight is 234 g/mol. The highest BCUT2D eigenvalue weighted by Crippen LogP contribution is 2.29. The van der Waals surface area contributed by atoms with E-state index >= 15 is 0 Å². The quantitative estimate of drug-likeness (QED) is 0.824. The molecule has 0 saturated heterocycles. The Labute approximate surface area is 101 Å². The Kier molecular flexibility index (Phi) is 3.56. The van der Waals surface area contributed by atoms with E-state index in [0.29, 0.717) is 17.4 Å². The van der Waals surface area contributed by atoms with Gasteiger partial charge in [0.1, 0.15) is 5.82 Å². The average Bonchev–Trinajstić information content (AvgIpc) is 2.73. The van der Waals surface area contributed by atoms with Crippen molar-refractivity contribution in [3.05, 3.63) is 17.8 Å². The van der Waals surface area contributed by atoms with Crippen molar-refractivity contribution in [1.82, 2.24) is 15.5 Å². The van der Waals surface area contributed by atoms with Gasteiger partial charge in [0.25, 0.3) is 5.91 Å². The number of rotatable bonds is 3. The van der Waals surface area contributed by atoms with Crippen LogP contribution in [0.15, 0.2) is 12.1 Å². The Bertz CT molecular complexity index is 390. The maximum absolute atomic E-state index is 11.7. The first-order valence-corrected chi connectivity index (χ1v) is 6.02. The van der Waals surface area contributed by atoms with Crippen LogP contribution in [0.3, 0.4) is 0 Å². The molecule has 1 heterocycles. The molecule has 0 bridgehead atoms. The maximum Gasteiger partial charge on any atom is 0.271 e. The van der Waals surface area contributed by atoms with E-state index in [2.05, 4.69) is 22.4 Å². The summed E-state index contributed by atoms with van der Waals surface area (Å²) in [6, 6.07) is 3.18. The van der Waals surface area contributed by atoms with Crippen LogP contribution in [0.5, 0.6) is 0 Å². The minimum absolute atomic E-state index is 0.169. The monoisotopic (exact) mass is 234 g/mol. The minimum Gasteiger partial charge on any atom is -0.382 e. The molecule has 5 heteroatoms. The van der Waals surface area contributed by atoms with Crippen molar-refractivity contribution in [1.29, 1.82) is 0 Å². The predicted molar refractivity (Wildman–Crippen MR) is 65.3 cm³/mol. The molecule has 92 valence electrons. The van der Waals surface area contributed by atoms with Gasteiger partial charge in [0.2, 0.25) is 0 Å². The molecule has 0 aromatic carbocycles. The Morgan fingerprint density at radius 3 is 2.88 bits per heavy atom. The van der Waals surface area contributed by atoms with Crippen molar-refractivity contribution in [2.75, 3.05) is 12.3 Å². The van der Waals surface area contributed by atoms with E-state index in [4.69, 9.17) is 5.73 Å². The van der Waals surface area contributed by atoms with Crippen LogP contribution in [-0.2, 0) is 0 Å². The molecular weight excluding hydrogens is 216 g/mol. The summed E-state index contributed by atoms with van der Waals surface area (Å²) < 4.78 is 0. The van der Waals surface area contributed by atoms with Gasteiger partial charge in [-0.3, -0.25) is 4.79 Å². The fourth-order valence-corrected chi connectivity index (χ4v) is 2.30. The molecule has 2 unspecified atom stereocenters. The topological polar surface area (TPSA) is 80.9 Å². The number of nitrogen functional groups attached to an aromatic ring is 1. The second-order valence-electron chi connectivity index (χ2n) is 4.84. The number of hydrogen-bond acceptors (Lipinski definition) is 4. The zero-order valence-electron chi connectivity index (χ0n) is 10.0. The van der Waals surface area contributed by atoms with Crippen LogP contribution in [0.4, 0.5) is 5.82 Å². The number of nitrogens with two attached hydrogens (primary N) is 1. The molecule has 5 nitrogen and oxygen atoms in total. The molecule has 1 aliphatic carbocycles. The number of carbonyl (C=O) groups is 1. The highest BCUT2D eigenvalue weighted by atomic mass is 16.1. The normalized spacial score (nSPS) is 23.6. The van der Waals surface area contributed by atoms with E-state index < -0.39 is 0 Å². The van der Waals surface area contributed by atoms with Gasteiger partial charge in [0.15, 0.2) is 5.69 Å². The summed E-state index contributed by atoms with van der Waals surface area (Å²) in [6.07, 6.45) is 3.67. The molecule has 3 N–H and O–H groups in total. The number of amides is 1. The van der Waals surface area contributed by atoms with Crippen LogP contribution in [0.25, 0.3) is 0 Å². The van der Waals surface area contributed by atoms with Crippen LogP contribution in [-0.4, -0.2) is 22.6 Å². The van der Waals surface area contributed by atoms with Gasteiger partial charge in [0, 0.05) is 6.54 Å². The zero-order chi connectivity index (χ0) is 12.3. The second-order valence-corrected chi connectivity index (χ2v) is 4.84. The Morgan fingerprint density at radius 2 is 2.29 bits per heavy atom. The van der Waals surface area contributed by atoms with Crippen LogP contribution in [0.1, 0.15) is 36.7 Å². The van der Waals surface area contributed by atoms with Gasteiger partial charge >= 0.3 is 0 Å². The maximum atomic E-state index is 11.7. The van der Waals surface area contributed by atoms with E-state index in [9.17, 15) is 4.79 Å². The van der Waals surface area contributed by atoms with E-state index in [1.807, 2.05) is 0 Å². The largest absolute Gasteiger partial charge is 0.382 e. The van der Waals surface area contributed by atoms with Crippen LogP contribution < -0.4 is 11.1 Å². The molecule has 1 amide bonds. The number of carbonyl (C=O) groups excluding carboxylic acids is 1. The van der Waals surface area contributed by atoms with Gasteiger partial charge < -0.3 is 11.1 Å². The molecule has 0 spiro atoms. The number of anilines is 1. The Balaban J connectivity index is 1.83. The number of aromatic nitrogens is 2. The van der Waals surface area contributed by atoms with Crippen molar-refractivity contribution in [3.8, 4) is 0 Å². The summed E-state index contributed by atoms with van der Waals surface area (Å²) in [7, 11) is 0. The molecule has 2 atom stereocenters. The molecule has 1 aromatic heterocycles. The third-order valence-electron chi connectivity index (χ3n) is 3.27. The molecule has 0 aliphatic heterocycles. The molecule has 1 fully saturated rings. The molecular formula is C12H18N4O. The van der Waals surface area contributed by atoms with E-state index in [1.54, 1.807) is 12.1 Å². The van der Waals surface area contributed by atoms with Crippen LogP contribution >= 0.6 is 0 Å². The molecule has 1 aromatic rings. The smallest absolute Gasteiger partial charge is 0.271 e. The summed E-state index contributed by atoms with van der Waals surface area (Å²) in [5, 5.41) is 10.3. The molecule has 1 saturated carbocycles. The van der Waals surface area contributed by atoms with Crippen molar-refractivity contribution in [3.63, 3.8) is 0 Å². The minimum atomic E-state index is -0.169. The van der Waals surface area contributed by atoms with Crippen LogP contribution in [0.2, 0.25) is 0 Å². The first-order valence-electron chi connectivity index (χ1n) is 6.02. The summed E-state index contributed by atoms with van der Waals surface area (Å²) in [6.45, 7) is 2.99. The lowest BCUT2D eigenvalue weighted by molar-refractivity contribution is 0.0941. The van der Waals surface area contributed by atoms with E-state index in [1.165, 1.54) is 19.3 Å². The SMILES string of the molecule is CC1CCC(CNC(=O)c2ccc(N)nn2)C1. The Hall–Kier alpha value is -1.65. The van der Waals surface area contributed by atoms with Gasteiger partial charge in [-0.05, 0) is 36.8 Å². The summed E-state index contributed by atoms with van der Waals surface area (Å²) in [5.41, 5.74) is 5.73. The van der Waals surface area contributed by atoms with Crippen molar-refractivity contribution >= 4 is 11.7 Å².